The van der Waals surface area contributed by atoms with Gasteiger partial charge in [0.2, 0.25) is 15.9 Å². The van der Waals surface area contributed by atoms with E-state index in [2.05, 4.69) is 4.72 Å². The highest BCUT2D eigenvalue weighted by molar-refractivity contribution is 7.89. The highest BCUT2D eigenvalue weighted by Gasteiger charge is 2.21. The van der Waals surface area contributed by atoms with E-state index < -0.39 is 10.0 Å². The van der Waals surface area contributed by atoms with Gasteiger partial charge in [-0.2, -0.15) is 0 Å². The molecule has 1 fully saturated rings. The number of aromatic nitrogens is 1. The van der Waals surface area contributed by atoms with Gasteiger partial charge in [-0.25, -0.2) is 13.1 Å². The van der Waals surface area contributed by atoms with Crippen LogP contribution in [0, 0.1) is 0 Å². The minimum atomic E-state index is -3.65. The Hall–Kier alpha value is -1.75. The quantitative estimate of drug-likeness (QED) is 0.762. The summed E-state index contributed by atoms with van der Waals surface area (Å²) in [5, 5.41) is 0. The van der Waals surface area contributed by atoms with Gasteiger partial charge in [-0.3, -0.25) is 14.2 Å². The number of ether oxygens (including phenoxy) is 1. The van der Waals surface area contributed by atoms with Gasteiger partial charge in [-0.05, 0) is 31.5 Å². The zero-order valence-corrected chi connectivity index (χ0v) is 16.9. The molecule has 1 saturated heterocycles. The van der Waals surface area contributed by atoms with Crippen molar-refractivity contribution in [1.82, 2.24) is 14.2 Å². The Kier molecular flexibility index (Phi) is 5.99. The number of carbonyl (C=O) groups is 1. The molecule has 0 bridgehead atoms. The van der Waals surface area contributed by atoms with E-state index in [1.54, 1.807) is 17.9 Å². The molecule has 0 radical (unpaired) electrons. The summed E-state index contributed by atoms with van der Waals surface area (Å²) in [7, 11) is -3.65. The van der Waals surface area contributed by atoms with Crippen LogP contribution in [0.25, 0.3) is 10.2 Å². The zero-order chi connectivity index (χ0) is 19.6. The molecule has 0 unspecified atom stereocenters. The van der Waals surface area contributed by atoms with Crippen molar-refractivity contribution in [2.45, 2.75) is 37.8 Å². The van der Waals surface area contributed by atoms with Crippen LogP contribution in [-0.4, -0.2) is 56.1 Å². The van der Waals surface area contributed by atoms with Crippen LogP contribution in [0.5, 0.6) is 0 Å². The first-order valence-corrected chi connectivity index (χ1v) is 11.1. The number of nitrogens with zero attached hydrogens (tertiary/aromatic N) is 2. The van der Waals surface area contributed by atoms with Crippen molar-refractivity contribution in [2.75, 3.05) is 26.3 Å². The lowest BCUT2D eigenvalue weighted by atomic mass is 10.3. The zero-order valence-electron chi connectivity index (χ0n) is 15.3. The Morgan fingerprint density at radius 3 is 2.70 bits per heavy atom. The number of fused-ring (bicyclic) bond motifs is 1. The summed E-state index contributed by atoms with van der Waals surface area (Å²) in [4.78, 5) is 26.3. The van der Waals surface area contributed by atoms with Crippen LogP contribution in [0.2, 0.25) is 0 Å². The molecule has 1 aromatic carbocycles. The molecular formula is C17H23N3O5S2. The average Bonchev–Trinajstić information content (AvgIpc) is 2.96. The molecular weight excluding hydrogens is 390 g/mol. The predicted octanol–water partition coefficient (Wildman–Crippen LogP) is 0.999. The van der Waals surface area contributed by atoms with Crippen molar-refractivity contribution in [3.8, 4) is 0 Å². The first-order chi connectivity index (χ1) is 12.8. The van der Waals surface area contributed by atoms with Crippen molar-refractivity contribution >= 4 is 37.5 Å². The van der Waals surface area contributed by atoms with Crippen LogP contribution in [0.4, 0.5) is 0 Å². The highest BCUT2D eigenvalue weighted by atomic mass is 32.2. The summed E-state index contributed by atoms with van der Waals surface area (Å²) in [6.07, 6.45) is 0.675. The Morgan fingerprint density at radius 2 is 2.04 bits per heavy atom. The van der Waals surface area contributed by atoms with E-state index >= 15 is 0 Å². The first-order valence-electron chi connectivity index (χ1n) is 8.83. The van der Waals surface area contributed by atoms with Crippen LogP contribution in [-0.2, 0) is 26.1 Å². The number of hydrogen-bond acceptors (Lipinski definition) is 6. The Balaban J connectivity index is 1.88. The Bertz CT molecular complexity index is 990. The average molecular weight is 414 g/mol. The lowest BCUT2D eigenvalue weighted by Gasteiger charge is -2.26. The molecule has 1 atom stereocenters. The monoisotopic (exact) mass is 413 g/mol. The summed E-state index contributed by atoms with van der Waals surface area (Å²) < 4.78 is 34.7. The Morgan fingerprint density at radius 1 is 1.33 bits per heavy atom. The summed E-state index contributed by atoms with van der Waals surface area (Å²) in [5.74, 6) is -0.143. The topological polar surface area (TPSA) is 97.7 Å². The molecule has 3 rings (SSSR count). The maximum Gasteiger partial charge on any atom is 0.308 e. The number of carbonyl (C=O) groups excluding carboxylic acids is 1. The number of amides is 1. The minimum Gasteiger partial charge on any atom is -0.378 e. The van der Waals surface area contributed by atoms with Crippen molar-refractivity contribution in [3.05, 3.63) is 27.9 Å². The molecule has 10 heteroatoms. The second-order valence-corrected chi connectivity index (χ2v) is 9.21. The van der Waals surface area contributed by atoms with Crippen LogP contribution in [0.1, 0.15) is 20.3 Å². The van der Waals surface area contributed by atoms with Gasteiger partial charge in [0, 0.05) is 19.1 Å². The fourth-order valence-electron chi connectivity index (χ4n) is 2.83. The SMILES string of the molecule is CC[C@H](C)NS(=O)(=O)c1ccc2c(c1)sc(=O)n2CC(=O)N1CCOCC1. The van der Waals surface area contributed by atoms with Gasteiger partial charge in [0.25, 0.3) is 0 Å². The van der Waals surface area contributed by atoms with Gasteiger partial charge in [-0.1, -0.05) is 18.3 Å². The molecule has 0 spiro atoms. The van der Waals surface area contributed by atoms with E-state index in [9.17, 15) is 18.0 Å². The molecule has 148 valence electrons. The van der Waals surface area contributed by atoms with Crippen molar-refractivity contribution in [1.29, 1.82) is 0 Å². The molecule has 2 heterocycles. The van der Waals surface area contributed by atoms with Gasteiger partial charge >= 0.3 is 4.87 Å². The smallest absolute Gasteiger partial charge is 0.308 e. The maximum absolute atomic E-state index is 12.5. The van der Waals surface area contributed by atoms with Crippen molar-refractivity contribution < 1.29 is 17.9 Å². The molecule has 0 aliphatic carbocycles. The number of nitrogens with one attached hydrogen (secondary N) is 1. The van der Waals surface area contributed by atoms with Gasteiger partial charge < -0.3 is 9.64 Å². The van der Waals surface area contributed by atoms with E-state index in [1.165, 1.54) is 16.7 Å². The summed E-state index contributed by atoms with van der Waals surface area (Å²) in [6, 6.07) is 4.36. The third kappa shape index (κ3) is 4.40. The molecule has 1 amide bonds. The third-order valence-electron chi connectivity index (χ3n) is 4.58. The summed E-state index contributed by atoms with van der Waals surface area (Å²) in [5.41, 5.74) is 0.564. The number of thiazole rings is 1. The number of sulfonamides is 1. The molecule has 27 heavy (non-hydrogen) atoms. The normalized spacial score (nSPS) is 16.6. The van der Waals surface area contributed by atoms with Gasteiger partial charge in [0.15, 0.2) is 0 Å². The van der Waals surface area contributed by atoms with Gasteiger partial charge in [-0.15, -0.1) is 0 Å². The molecule has 2 aromatic rings. The highest BCUT2D eigenvalue weighted by Crippen LogP contribution is 2.22. The molecule has 1 aliphatic heterocycles. The standard InChI is InChI=1S/C17H23N3O5S2/c1-3-12(2)18-27(23,24)13-4-5-14-15(10-13)26-17(22)20(14)11-16(21)19-6-8-25-9-7-19/h4-5,10,12,18H,3,6-9,11H2,1-2H3/t12-/m0/s1. The van der Waals surface area contributed by atoms with Crippen LogP contribution < -0.4 is 9.60 Å². The van der Waals surface area contributed by atoms with E-state index in [-0.39, 0.29) is 28.3 Å². The van der Waals surface area contributed by atoms with E-state index in [4.69, 9.17) is 4.74 Å². The summed E-state index contributed by atoms with van der Waals surface area (Å²) in [6.45, 7) is 5.65. The second-order valence-electron chi connectivity index (χ2n) is 6.51. The second kappa shape index (κ2) is 8.09. The maximum atomic E-state index is 12.5. The fraction of sp³-hybridized carbons (Fsp3) is 0.529. The van der Waals surface area contributed by atoms with Gasteiger partial charge in [0.05, 0.1) is 28.3 Å². The van der Waals surface area contributed by atoms with Crippen LogP contribution >= 0.6 is 11.3 Å². The number of rotatable bonds is 6. The molecule has 1 N–H and O–H groups in total. The van der Waals surface area contributed by atoms with E-state index in [1.807, 2.05) is 6.92 Å². The fourth-order valence-corrected chi connectivity index (χ4v) is 5.19. The number of morpholine rings is 1. The summed E-state index contributed by atoms with van der Waals surface area (Å²) >= 11 is 0.942. The lowest BCUT2D eigenvalue weighted by Crippen LogP contribution is -2.43. The molecule has 8 nitrogen and oxygen atoms in total. The Labute approximate surface area is 161 Å². The number of hydrogen-bond donors (Lipinski definition) is 1. The predicted molar refractivity (Wildman–Crippen MR) is 104 cm³/mol. The van der Waals surface area contributed by atoms with E-state index in [0.717, 1.165) is 11.3 Å². The molecule has 0 saturated carbocycles. The van der Waals surface area contributed by atoms with Crippen molar-refractivity contribution in [2.24, 2.45) is 0 Å². The van der Waals surface area contributed by atoms with Gasteiger partial charge in [0.1, 0.15) is 6.54 Å². The van der Waals surface area contributed by atoms with Crippen LogP contribution in [0.3, 0.4) is 0 Å². The molecule has 1 aliphatic rings. The largest absolute Gasteiger partial charge is 0.378 e. The number of benzene rings is 1. The first kappa shape index (κ1) is 20.0. The molecule has 1 aromatic heterocycles. The van der Waals surface area contributed by atoms with Crippen LogP contribution in [0.15, 0.2) is 27.9 Å². The van der Waals surface area contributed by atoms with Crippen molar-refractivity contribution in [3.63, 3.8) is 0 Å². The van der Waals surface area contributed by atoms with E-state index in [0.29, 0.717) is 42.9 Å². The minimum absolute atomic E-state index is 0.0595. The third-order valence-corrected chi connectivity index (χ3v) is 7.11. The lowest BCUT2D eigenvalue weighted by molar-refractivity contribution is -0.135.